The van der Waals surface area contributed by atoms with Gasteiger partial charge >= 0.3 is 5.97 Å². The number of hydrogen-bond acceptors (Lipinski definition) is 5. The summed E-state index contributed by atoms with van der Waals surface area (Å²) in [5, 5.41) is 0. The molecular formula is C15H20N2O5S. The summed E-state index contributed by atoms with van der Waals surface area (Å²) in [6, 6.07) is 4.66. The fourth-order valence-corrected chi connectivity index (χ4v) is 4.25. The number of piperidine rings is 1. The van der Waals surface area contributed by atoms with Crippen LogP contribution in [0, 0.1) is 0 Å². The number of nitrogens with zero attached hydrogens (tertiary/aromatic N) is 1. The first kappa shape index (κ1) is 17.4. The molecule has 126 valence electrons. The van der Waals surface area contributed by atoms with E-state index in [2.05, 4.69) is 0 Å². The summed E-state index contributed by atoms with van der Waals surface area (Å²) in [4.78, 5) is 23.1. The van der Waals surface area contributed by atoms with Crippen molar-refractivity contribution in [2.75, 3.05) is 13.2 Å². The largest absolute Gasteiger partial charge is 0.462 e. The summed E-state index contributed by atoms with van der Waals surface area (Å²) in [7, 11) is -3.83. The fraction of sp³-hybridized carbons (Fsp3) is 0.467. The van der Waals surface area contributed by atoms with Gasteiger partial charge < -0.3 is 10.5 Å². The average Bonchev–Trinajstić information content (AvgIpc) is 2.55. The Kier molecular flexibility index (Phi) is 5.38. The van der Waals surface area contributed by atoms with Crippen molar-refractivity contribution in [3.05, 3.63) is 29.8 Å². The molecule has 1 amide bonds. The zero-order valence-electron chi connectivity index (χ0n) is 12.9. The maximum Gasteiger partial charge on any atom is 0.338 e. The molecule has 2 N–H and O–H groups in total. The maximum absolute atomic E-state index is 12.7. The first-order valence-electron chi connectivity index (χ1n) is 7.46. The van der Waals surface area contributed by atoms with Crippen LogP contribution in [0.4, 0.5) is 0 Å². The van der Waals surface area contributed by atoms with Crippen LogP contribution in [0.3, 0.4) is 0 Å². The Balaban J connectivity index is 2.28. The number of nitrogens with two attached hydrogens (primary N) is 1. The van der Waals surface area contributed by atoms with E-state index in [1.165, 1.54) is 24.3 Å². The van der Waals surface area contributed by atoms with E-state index >= 15 is 0 Å². The van der Waals surface area contributed by atoms with Gasteiger partial charge in [-0.25, -0.2) is 13.2 Å². The predicted molar refractivity (Wildman–Crippen MR) is 83.1 cm³/mol. The first-order chi connectivity index (χ1) is 10.9. The highest BCUT2D eigenvalue weighted by Crippen LogP contribution is 2.25. The van der Waals surface area contributed by atoms with Crippen LogP contribution in [0.25, 0.3) is 0 Å². The van der Waals surface area contributed by atoms with Gasteiger partial charge in [-0.15, -0.1) is 0 Å². The molecule has 1 aromatic rings. The minimum absolute atomic E-state index is 0.0266. The van der Waals surface area contributed by atoms with Crippen molar-refractivity contribution in [2.24, 2.45) is 5.73 Å². The molecule has 0 saturated carbocycles. The van der Waals surface area contributed by atoms with Crippen LogP contribution in [0.15, 0.2) is 29.2 Å². The van der Waals surface area contributed by atoms with Gasteiger partial charge in [-0.1, -0.05) is 6.42 Å². The van der Waals surface area contributed by atoms with Crippen LogP contribution in [0.5, 0.6) is 0 Å². The first-order valence-corrected chi connectivity index (χ1v) is 8.90. The van der Waals surface area contributed by atoms with Crippen LogP contribution >= 0.6 is 0 Å². The van der Waals surface area contributed by atoms with Crippen molar-refractivity contribution in [3.63, 3.8) is 0 Å². The lowest BCUT2D eigenvalue weighted by molar-refractivity contribution is -0.122. The number of sulfonamides is 1. The molecule has 0 aromatic heterocycles. The molecule has 1 saturated heterocycles. The second-order valence-electron chi connectivity index (χ2n) is 5.27. The Morgan fingerprint density at radius 1 is 1.26 bits per heavy atom. The monoisotopic (exact) mass is 340 g/mol. The number of hydrogen-bond donors (Lipinski definition) is 1. The number of amides is 1. The van der Waals surface area contributed by atoms with Gasteiger partial charge in [0, 0.05) is 6.54 Å². The lowest BCUT2D eigenvalue weighted by Gasteiger charge is -2.32. The number of rotatable bonds is 5. The average molecular weight is 340 g/mol. The molecule has 2 rings (SSSR count). The number of ether oxygens (including phenoxy) is 1. The zero-order valence-corrected chi connectivity index (χ0v) is 13.7. The van der Waals surface area contributed by atoms with E-state index < -0.39 is 27.9 Å². The molecule has 0 unspecified atom stereocenters. The second-order valence-corrected chi connectivity index (χ2v) is 7.17. The minimum atomic E-state index is -3.83. The van der Waals surface area contributed by atoms with E-state index in [0.29, 0.717) is 12.8 Å². The number of carbonyl (C=O) groups excluding carboxylic acids is 2. The van der Waals surface area contributed by atoms with Crippen molar-refractivity contribution < 1.29 is 22.7 Å². The van der Waals surface area contributed by atoms with E-state index in [0.717, 1.165) is 10.7 Å². The van der Waals surface area contributed by atoms with Crippen LogP contribution in [-0.2, 0) is 19.6 Å². The summed E-state index contributed by atoms with van der Waals surface area (Å²) in [5.41, 5.74) is 5.60. The van der Waals surface area contributed by atoms with Gasteiger partial charge in [-0.05, 0) is 44.0 Å². The predicted octanol–water partition coefficient (Wildman–Crippen LogP) is 0.892. The maximum atomic E-state index is 12.7. The van der Waals surface area contributed by atoms with Crippen molar-refractivity contribution >= 4 is 21.9 Å². The van der Waals surface area contributed by atoms with Crippen LogP contribution in [0.1, 0.15) is 36.5 Å². The van der Waals surface area contributed by atoms with Gasteiger partial charge in [0.15, 0.2) is 0 Å². The Hall–Kier alpha value is -1.93. The van der Waals surface area contributed by atoms with Crippen LogP contribution < -0.4 is 5.73 Å². The Bertz CT molecular complexity index is 684. The van der Waals surface area contributed by atoms with Gasteiger partial charge in [0.2, 0.25) is 15.9 Å². The Morgan fingerprint density at radius 2 is 1.91 bits per heavy atom. The third-order valence-corrected chi connectivity index (χ3v) is 5.68. The summed E-state index contributed by atoms with van der Waals surface area (Å²) >= 11 is 0. The van der Waals surface area contributed by atoms with E-state index in [1.54, 1.807) is 6.92 Å². The van der Waals surface area contributed by atoms with Gasteiger partial charge in [-0.2, -0.15) is 4.31 Å². The van der Waals surface area contributed by atoms with E-state index in [-0.39, 0.29) is 23.6 Å². The van der Waals surface area contributed by atoms with Gasteiger partial charge in [-0.3, -0.25) is 4.79 Å². The molecule has 1 atom stereocenters. The fourth-order valence-electron chi connectivity index (χ4n) is 2.59. The quantitative estimate of drug-likeness (QED) is 0.801. The third kappa shape index (κ3) is 3.70. The van der Waals surface area contributed by atoms with Gasteiger partial charge in [0.1, 0.15) is 6.04 Å². The number of benzene rings is 1. The molecule has 0 aliphatic carbocycles. The molecule has 7 nitrogen and oxygen atoms in total. The normalized spacial score (nSPS) is 19.3. The highest BCUT2D eigenvalue weighted by Gasteiger charge is 2.36. The smallest absolute Gasteiger partial charge is 0.338 e. The lowest BCUT2D eigenvalue weighted by Crippen LogP contribution is -2.50. The van der Waals surface area contributed by atoms with Crippen molar-refractivity contribution in [3.8, 4) is 0 Å². The molecule has 1 aliphatic heterocycles. The highest BCUT2D eigenvalue weighted by molar-refractivity contribution is 7.89. The summed E-state index contributed by atoms with van der Waals surface area (Å²) in [6.07, 6.45) is 1.88. The molecule has 1 fully saturated rings. The summed E-state index contributed by atoms with van der Waals surface area (Å²) in [6.45, 7) is 2.19. The molecule has 1 aliphatic rings. The van der Waals surface area contributed by atoms with Crippen molar-refractivity contribution in [1.82, 2.24) is 4.31 Å². The lowest BCUT2D eigenvalue weighted by atomic mass is 10.0. The SMILES string of the molecule is CCOC(=O)c1ccc(S(=O)(=O)N2CCCC[C@@H]2C(N)=O)cc1. The molecule has 1 aromatic carbocycles. The van der Waals surface area contributed by atoms with Crippen molar-refractivity contribution in [2.45, 2.75) is 37.1 Å². The molecule has 0 spiro atoms. The van der Waals surface area contributed by atoms with E-state index in [1.807, 2.05) is 0 Å². The molecule has 23 heavy (non-hydrogen) atoms. The Labute approximate surface area is 135 Å². The van der Waals surface area contributed by atoms with Gasteiger partial charge in [0.05, 0.1) is 17.1 Å². The molecule has 0 radical (unpaired) electrons. The second kappa shape index (κ2) is 7.10. The number of carbonyl (C=O) groups is 2. The molecule has 1 heterocycles. The van der Waals surface area contributed by atoms with Crippen molar-refractivity contribution in [1.29, 1.82) is 0 Å². The van der Waals surface area contributed by atoms with E-state index in [9.17, 15) is 18.0 Å². The van der Waals surface area contributed by atoms with E-state index in [4.69, 9.17) is 10.5 Å². The summed E-state index contributed by atoms with van der Waals surface area (Å²) in [5.74, 6) is -1.15. The third-order valence-electron chi connectivity index (χ3n) is 3.75. The molecule has 0 bridgehead atoms. The zero-order chi connectivity index (χ0) is 17.0. The summed E-state index contributed by atoms with van der Waals surface area (Å²) < 4.78 is 31.4. The van der Waals surface area contributed by atoms with Gasteiger partial charge in [0.25, 0.3) is 0 Å². The Morgan fingerprint density at radius 3 is 2.48 bits per heavy atom. The topological polar surface area (TPSA) is 107 Å². The molecule has 8 heteroatoms. The standard InChI is InChI=1S/C15H20N2O5S/c1-2-22-15(19)11-6-8-12(9-7-11)23(20,21)17-10-4-3-5-13(17)14(16)18/h6-9,13H,2-5,10H2,1H3,(H2,16,18)/t13-/m1/s1. The number of primary amides is 1. The molecular weight excluding hydrogens is 320 g/mol. The van der Waals surface area contributed by atoms with Crippen LogP contribution in [0.2, 0.25) is 0 Å². The highest BCUT2D eigenvalue weighted by atomic mass is 32.2. The van der Waals surface area contributed by atoms with Crippen LogP contribution in [-0.4, -0.2) is 43.8 Å². The number of esters is 1. The minimum Gasteiger partial charge on any atom is -0.462 e.